The number of nitrogens with zero attached hydrogens (tertiary/aromatic N) is 4. The lowest BCUT2D eigenvalue weighted by atomic mass is 10.0. The Bertz CT molecular complexity index is 1030. The van der Waals surface area contributed by atoms with E-state index in [1.165, 1.54) is 23.4 Å². The van der Waals surface area contributed by atoms with Crippen molar-refractivity contribution in [3.8, 4) is 0 Å². The molecule has 0 radical (unpaired) electrons. The fraction of sp³-hybridized carbons (Fsp3) is 0.476. The zero-order valence-electron chi connectivity index (χ0n) is 18.1. The zero-order chi connectivity index (χ0) is 22.1. The number of hydrogen-bond donors (Lipinski definition) is 1. The fourth-order valence-electron chi connectivity index (χ4n) is 3.82. The van der Waals surface area contributed by atoms with E-state index in [1.807, 2.05) is 13.8 Å². The van der Waals surface area contributed by atoms with Gasteiger partial charge in [0.1, 0.15) is 11.6 Å². The molecule has 30 heavy (non-hydrogen) atoms. The average molecular weight is 432 g/mol. The highest BCUT2D eigenvalue weighted by atomic mass is 32.2. The number of sulfonamides is 1. The molecule has 1 aromatic heterocycles. The van der Waals surface area contributed by atoms with E-state index in [9.17, 15) is 13.2 Å². The van der Waals surface area contributed by atoms with Gasteiger partial charge in [-0.25, -0.2) is 18.4 Å². The molecule has 8 nitrogen and oxygen atoms in total. The highest BCUT2D eigenvalue weighted by Crippen LogP contribution is 2.29. The lowest BCUT2D eigenvalue weighted by molar-refractivity contribution is -0.114. The first-order valence-electron chi connectivity index (χ1n) is 10.1. The first-order chi connectivity index (χ1) is 14.1. The third-order valence-corrected chi connectivity index (χ3v) is 7.07. The molecule has 0 saturated carbocycles. The van der Waals surface area contributed by atoms with Crippen LogP contribution in [0.3, 0.4) is 0 Å². The highest BCUT2D eigenvalue weighted by molar-refractivity contribution is 7.89. The summed E-state index contributed by atoms with van der Waals surface area (Å²) in [6.45, 7) is 11.4. The van der Waals surface area contributed by atoms with E-state index >= 15 is 0 Å². The van der Waals surface area contributed by atoms with Gasteiger partial charge in [0.2, 0.25) is 15.9 Å². The number of nitrogens with one attached hydrogen (secondary N) is 1. The smallest absolute Gasteiger partial charge is 0.243 e. The van der Waals surface area contributed by atoms with Crippen molar-refractivity contribution in [3.05, 3.63) is 41.3 Å². The second-order valence-electron chi connectivity index (χ2n) is 7.84. The van der Waals surface area contributed by atoms with Gasteiger partial charge >= 0.3 is 0 Å². The van der Waals surface area contributed by atoms with Crippen LogP contribution in [0.1, 0.15) is 43.8 Å². The SMILES string of the molecule is CC(=O)Nc1ccc(S(=O)(=O)N2CCN(c3nc(C)nc(C)c3C(C)C)CC2)cc1. The Morgan fingerprint density at radius 1 is 1.03 bits per heavy atom. The molecule has 1 aliphatic heterocycles. The van der Waals surface area contributed by atoms with E-state index in [4.69, 9.17) is 0 Å². The summed E-state index contributed by atoms with van der Waals surface area (Å²) in [6, 6.07) is 6.26. The second kappa shape index (κ2) is 8.69. The van der Waals surface area contributed by atoms with Crippen LogP contribution in [-0.2, 0) is 14.8 Å². The predicted octanol–water partition coefficient (Wildman–Crippen LogP) is 2.69. The summed E-state index contributed by atoms with van der Waals surface area (Å²) >= 11 is 0. The van der Waals surface area contributed by atoms with Crippen molar-refractivity contribution < 1.29 is 13.2 Å². The summed E-state index contributed by atoms with van der Waals surface area (Å²) in [5.41, 5.74) is 2.66. The van der Waals surface area contributed by atoms with E-state index in [-0.39, 0.29) is 16.7 Å². The number of amides is 1. The summed E-state index contributed by atoms with van der Waals surface area (Å²) < 4.78 is 27.6. The van der Waals surface area contributed by atoms with Crippen molar-refractivity contribution in [2.45, 2.75) is 45.4 Å². The fourth-order valence-corrected chi connectivity index (χ4v) is 5.25. The number of piperazine rings is 1. The maximum Gasteiger partial charge on any atom is 0.243 e. The van der Waals surface area contributed by atoms with Gasteiger partial charge in [0.05, 0.1) is 4.90 Å². The number of aryl methyl sites for hydroxylation is 2. The first-order valence-corrected chi connectivity index (χ1v) is 11.5. The number of anilines is 2. The van der Waals surface area contributed by atoms with Gasteiger partial charge in [-0.15, -0.1) is 0 Å². The number of carbonyl (C=O) groups excluding carboxylic acids is 1. The number of rotatable bonds is 5. The van der Waals surface area contributed by atoms with Crippen molar-refractivity contribution in [1.82, 2.24) is 14.3 Å². The van der Waals surface area contributed by atoms with Crippen LogP contribution in [0, 0.1) is 13.8 Å². The zero-order valence-corrected chi connectivity index (χ0v) is 19.0. The monoisotopic (exact) mass is 431 g/mol. The molecule has 0 spiro atoms. The van der Waals surface area contributed by atoms with Gasteiger partial charge in [0, 0.05) is 50.0 Å². The van der Waals surface area contributed by atoms with Crippen LogP contribution < -0.4 is 10.2 Å². The molecule has 0 atom stereocenters. The Kier molecular flexibility index (Phi) is 6.42. The summed E-state index contributed by atoms with van der Waals surface area (Å²) in [5.74, 6) is 1.72. The van der Waals surface area contributed by atoms with Crippen molar-refractivity contribution in [3.63, 3.8) is 0 Å². The molecule has 1 aliphatic rings. The van der Waals surface area contributed by atoms with Crippen LogP contribution in [0.15, 0.2) is 29.2 Å². The minimum absolute atomic E-state index is 0.197. The summed E-state index contributed by atoms with van der Waals surface area (Å²) in [5, 5.41) is 2.64. The second-order valence-corrected chi connectivity index (χ2v) is 9.78. The lowest BCUT2D eigenvalue weighted by Gasteiger charge is -2.36. The third-order valence-electron chi connectivity index (χ3n) is 5.16. The van der Waals surface area contributed by atoms with Gasteiger partial charge in [0.15, 0.2) is 0 Å². The van der Waals surface area contributed by atoms with E-state index in [0.717, 1.165) is 22.9 Å². The molecule has 1 N–H and O–H groups in total. The molecule has 1 amide bonds. The number of aromatic nitrogens is 2. The molecule has 3 rings (SSSR count). The largest absolute Gasteiger partial charge is 0.354 e. The van der Waals surface area contributed by atoms with Gasteiger partial charge in [-0.3, -0.25) is 4.79 Å². The minimum Gasteiger partial charge on any atom is -0.354 e. The maximum atomic E-state index is 13.0. The Morgan fingerprint density at radius 2 is 1.63 bits per heavy atom. The predicted molar refractivity (Wildman–Crippen MR) is 117 cm³/mol. The molecular weight excluding hydrogens is 402 g/mol. The highest BCUT2D eigenvalue weighted by Gasteiger charge is 2.30. The van der Waals surface area contributed by atoms with E-state index < -0.39 is 10.0 Å². The summed E-state index contributed by atoms with van der Waals surface area (Å²) in [6.07, 6.45) is 0. The van der Waals surface area contributed by atoms with Crippen LogP contribution >= 0.6 is 0 Å². The van der Waals surface area contributed by atoms with Gasteiger partial charge in [-0.05, 0) is 44.0 Å². The van der Waals surface area contributed by atoms with Crippen LogP contribution in [0.5, 0.6) is 0 Å². The van der Waals surface area contributed by atoms with Crippen molar-refractivity contribution >= 4 is 27.4 Å². The van der Waals surface area contributed by atoms with Crippen LogP contribution in [-0.4, -0.2) is 54.8 Å². The van der Waals surface area contributed by atoms with Gasteiger partial charge in [-0.2, -0.15) is 4.31 Å². The van der Waals surface area contributed by atoms with E-state index in [2.05, 4.69) is 34.0 Å². The number of carbonyl (C=O) groups is 1. The summed E-state index contributed by atoms with van der Waals surface area (Å²) in [4.78, 5) is 22.7. The van der Waals surface area contributed by atoms with Crippen molar-refractivity contribution in [2.75, 3.05) is 36.4 Å². The molecule has 2 heterocycles. The standard InChI is InChI=1S/C21H29N5O3S/c1-14(2)20-15(3)22-16(4)23-21(20)25-10-12-26(13-11-25)30(28,29)19-8-6-18(7-9-19)24-17(5)27/h6-9,14H,10-13H2,1-5H3,(H,24,27). The Balaban J connectivity index is 1.76. The van der Waals surface area contributed by atoms with Crippen molar-refractivity contribution in [1.29, 1.82) is 0 Å². The molecule has 0 bridgehead atoms. The third kappa shape index (κ3) is 4.62. The Hall–Kier alpha value is -2.52. The molecule has 1 fully saturated rings. The minimum atomic E-state index is -3.59. The average Bonchev–Trinajstić information content (AvgIpc) is 2.67. The molecule has 0 unspecified atom stereocenters. The topological polar surface area (TPSA) is 95.5 Å². The van der Waals surface area contributed by atoms with Crippen LogP contribution in [0.4, 0.5) is 11.5 Å². The van der Waals surface area contributed by atoms with Gasteiger partial charge < -0.3 is 10.2 Å². The quantitative estimate of drug-likeness (QED) is 0.782. The molecule has 0 aliphatic carbocycles. The van der Waals surface area contributed by atoms with Crippen molar-refractivity contribution in [2.24, 2.45) is 0 Å². The molecule has 9 heteroatoms. The molecule has 2 aromatic rings. The molecule has 162 valence electrons. The van der Waals surface area contributed by atoms with Gasteiger partial charge in [-0.1, -0.05) is 13.8 Å². The molecule has 1 aromatic carbocycles. The maximum absolute atomic E-state index is 13.0. The van der Waals surface area contributed by atoms with E-state index in [1.54, 1.807) is 12.1 Å². The normalized spacial score (nSPS) is 15.5. The van der Waals surface area contributed by atoms with E-state index in [0.29, 0.717) is 31.9 Å². The Morgan fingerprint density at radius 3 is 2.17 bits per heavy atom. The van der Waals surface area contributed by atoms with Crippen LogP contribution in [0.2, 0.25) is 0 Å². The molecular formula is C21H29N5O3S. The summed E-state index contributed by atoms with van der Waals surface area (Å²) in [7, 11) is -3.59. The molecule has 1 saturated heterocycles. The number of benzene rings is 1. The Labute approximate surface area is 178 Å². The first kappa shape index (κ1) is 22.2. The van der Waals surface area contributed by atoms with Crippen LogP contribution in [0.25, 0.3) is 0 Å². The number of hydrogen-bond acceptors (Lipinski definition) is 6. The van der Waals surface area contributed by atoms with Gasteiger partial charge in [0.25, 0.3) is 0 Å². The lowest BCUT2D eigenvalue weighted by Crippen LogP contribution is -2.49.